The summed E-state index contributed by atoms with van der Waals surface area (Å²) in [7, 11) is 0. The fraction of sp³-hybridized carbons (Fsp3) is 0.391. The summed E-state index contributed by atoms with van der Waals surface area (Å²) in [6.45, 7) is 1.27. The average molecular weight is 406 g/mol. The molecule has 0 bridgehead atoms. The first-order valence-corrected chi connectivity index (χ1v) is 10.3. The highest BCUT2D eigenvalue weighted by Crippen LogP contribution is 2.51. The molecule has 6 rings (SSSR count). The van der Waals surface area contributed by atoms with Crippen molar-refractivity contribution in [2.24, 2.45) is 0 Å². The van der Waals surface area contributed by atoms with E-state index < -0.39 is 5.72 Å². The molecule has 1 spiro atoms. The molecule has 3 atom stereocenters. The van der Waals surface area contributed by atoms with E-state index in [1.165, 1.54) is 0 Å². The van der Waals surface area contributed by atoms with Gasteiger partial charge in [0, 0.05) is 13.0 Å². The summed E-state index contributed by atoms with van der Waals surface area (Å²) >= 11 is 0. The molecule has 30 heavy (non-hydrogen) atoms. The molecule has 0 unspecified atom stereocenters. The Kier molecular flexibility index (Phi) is 3.83. The standard InChI is InChI=1S/C23H22N2O5/c26-21(11-15-6-7-18-19(10-15)29-14-28-18)24-9-8-23-20(24)12-22(27)25(23)17(13-30-23)16-4-2-1-3-5-16/h1-7,10,17,20H,8-9,11-14H2/t17-,20+,23-/m0/s1. The highest BCUT2D eigenvalue weighted by Gasteiger charge is 2.65. The smallest absolute Gasteiger partial charge is 0.231 e. The fourth-order valence-corrected chi connectivity index (χ4v) is 5.39. The number of fused-ring (bicyclic) bond motifs is 1. The number of hydrogen-bond donors (Lipinski definition) is 0. The lowest BCUT2D eigenvalue weighted by atomic mass is 10.0. The lowest BCUT2D eigenvalue weighted by molar-refractivity contribution is -0.141. The molecule has 0 aromatic heterocycles. The van der Waals surface area contributed by atoms with Gasteiger partial charge in [0.1, 0.15) is 0 Å². The van der Waals surface area contributed by atoms with E-state index in [-0.39, 0.29) is 37.1 Å². The normalized spacial score (nSPS) is 28.7. The van der Waals surface area contributed by atoms with Crippen LogP contribution in [0.3, 0.4) is 0 Å². The second-order valence-corrected chi connectivity index (χ2v) is 8.27. The third-order valence-corrected chi connectivity index (χ3v) is 6.75. The zero-order chi connectivity index (χ0) is 20.3. The van der Waals surface area contributed by atoms with Crippen LogP contribution in [0.15, 0.2) is 48.5 Å². The summed E-state index contributed by atoms with van der Waals surface area (Å²) in [6, 6.07) is 15.3. The largest absolute Gasteiger partial charge is 0.454 e. The van der Waals surface area contributed by atoms with Gasteiger partial charge in [0.05, 0.1) is 31.5 Å². The van der Waals surface area contributed by atoms with Crippen LogP contribution in [0.2, 0.25) is 0 Å². The van der Waals surface area contributed by atoms with Crippen LogP contribution in [0.5, 0.6) is 11.5 Å². The number of rotatable bonds is 3. The van der Waals surface area contributed by atoms with Gasteiger partial charge in [-0.2, -0.15) is 0 Å². The van der Waals surface area contributed by atoms with Crippen LogP contribution in [-0.4, -0.2) is 53.3 Å². The van der Waals surface area contributed by atoms with E-state index in [4.69, 9.17) is 14.2 Å². The van der Waals surface area contributed by atoms with Crippen LogP contribution in [0.25, 0.3) is 0 Å². The zero-order valence-corrected chi connectivity index (χ0v) is 16.5. The first-order valence-electron chi connectivity index (χ1n) is 10.3. The van der Waals surface area contributed by atoms with Gasteiger partial charge in [0.25, 0.3) is 0 Å². The summed E-state index contributed by atoms with van der Waals surface area (Å²) in [6.07, 6.45) is 1.23. The monoisotopic (exact) mass is 406 g/mol. The fourth-order valence-electron chi connectivity index (χ4n) is 5.39. The number of ether oxygens (including phenoxy) is 3. The molecule has 0 aliphatic carbocycles. The lowest BCUT2D eigenvalue weighted by Gasteiger charge is -2.33. The molecule has 7 heteroatoms. The summed E-state index contributed by atoms with van der Waals surface area (Å²) < 4.78 is 17.1. The molecule has 0 radical (unpaired) electrons. The Labute approximate surface area is 174 Å². The number of benzene rings is 2. The van der Waals surface area contributed by atoms with Gasteiger partial charge in [-0.3, -0.25) is 9.59 Å². The summed E-state index contributed by atoms with van der Waals surface area (Å²) in [4.78, 5) is 29.9. The third kappa shape index (κ3) is 2.48. The maximum Gasteiger partial charge on any atom is 0.231 e. The van der Waals surface area contributed by atoms with Crippen molar-refractivity contribution >= 4 is 11.8 Å². The Hall–Kier alpha value is -3.06. The van der Waals surface area contributed by atoms with E-state index in [0.29, 0.717) is 37.5 Å². The maximum atomic E-state index is 13.2. The maximum absolute atomic E-state index is 13.2. The van der Waals surface area contributed by atoms with Crippen molar-refractivity contribution in [2.45, 2.75) is 37.1 Å². The molecule has 2 amide bonds. The van der Waals surface area contributed by atoms with Gasteiger partial charge < -0.3 is 24.0 Å². The molecule has 2 aromatic rings. The van der Waals surface area contributed by atoms with Gasteiger partial charge in [-0.25, -0.2) is 0 Å². The first kappa shape index (κ1) is 17.8. The van der Waals surface area contributed by atoms with E-state index >= 15 is 0 Å². The highest BCUT2D eigenvalue weighted by atomic mass is 16.7. The van der Waals surface area contributed by atoms with Gasteiger partial charge in [-0.05, 0) is 23.3 Å². The Morgan fingerprint density at radius 3 is 2.80 bits per heavy atom. The Morgan fingerprint density at radius 1 is 1.10 bits per heavy atom. The quantitative estimate of drug-likeness (QED) is 0.782. The number of amides is 2. The molecule has 4 aliphatic heterocycles. The predicted octanol–water partition coefficient (Wildman–Crippen LogP) is 2.26. The summed E-state index contributed by atoms with van der Waals surface area (Å²) in [5.74, 6) is 1.45. The molecule has 2 aromatic carbocycles. The minimum Gasteiger partial charge on any atom is -0.454 e. The van der Waals surface area contributed by atoms with Crippen LogP contribution in [0.1, 0.15) is 30.0 Å². The number of nitrogens with zero attached hydrogens (tertiary/aromatic N) is 2. The summed E-state index contributed by atoms with van der Waals surface area (Å²) in [5, 5.41) is 0. The van der Waals surface area contributed by atoms with Gasteiger partial charge in [0.2, 0.25) is 18.6 Å². The van der Waals surface area contributed by atoms with E-state index in [2.05, 4.69) is 0 Å². The van der Waals surface area contributed by atoms with Crippen LogP contribution in [-0.2, 0) is 20.7 Å². The van der Waals surface area contributed by atoms with E-state index in [1.807, 2.05) is 58.3 Å². The minimum atomic E-state index is -0.692. The molecule has 7 nitrogen and oxygen atoms in total. The predicted molar refractivity (Wildman–Crippen MR) is 106 cm³/mol. The van der Waals surface area contributed by atoms with Crippen LogP contribution < -0.4 is 9.47 Å². The molecule has 3 fully saturated rings. The van der Waals surface area contributed by atoms with Gasteiger partial charge in [0.15, 0.2) is 17.2 Å². The first-order chi connectivity index (χ1) is 14.7. The second kappa shape index (κ2) is 6.47. The molecular formula is C23H22N2O5. The second-order valence-electron chi connectivity index (χ2n) is 8.27. The molecule has 4 aliphatic rings. The van der Waals surface area contributed by atoms with Crippen molar-refractivity contribution < 1.29 is 23.8 Å². The van der Waals surface area contributed by atoms with Gasteiger partial charge in [-0.15, -0.1) is 0 Å². The number of hydrogen-bond acceptors (Lipinski definition) is 5. The SMILES string of the molecule is O=C(Cc1ccc2c(c1)OCO2)N1CC[C@@]23OC[C@@H](c4ccccc4)N2C(=O)C[C@@H]13. The molecule has 3 saturated heterocycles. The van der Waals surface area contributed by atoms with Crippen molar-refractivity contribution in [1.29, 1.82) is 0 Å². The van der Waals surface area contributed by atoms with E-state index in [9.17, 15) is 9.59 Å². The number of carbonyl (C=O) groups is 2. The molecule has 0 saturated carbocycles. The third-order valence-electron chi connectivity index (χ3n) is 6.75. The van der Waals surface area contributed by atoms with Crippen molar-refractivity contribution in [2.75, 3.05) is 19.9 Å². The van der Waals surface area contributed by atoms with Crippen LogP contribution in [0, 0.1) is 0 Å². The molecular weight excluding hydrogens is 384 g/mol. The number of likely N-dealkylation sites (tertiary alicyclic amines) is 1. The van der Waals surface area contributed by atoms with Crippen LogP contribution >= 0.6 is 0 Å². The number of carbonyl (C=O) groups excluding carboxylic acids is 2. The lowest BCUT2D eigenvalue weighted by Crippen LogP contribution is -2.49. The van der Waals surface area contributed by atoms with Crippen molar-refractivity contribution in [1.82, 2.24) is 9.80 Å². The van der Waals surface area contributed by atoms with Crippen molar-refractivity contribution in [3.05, 3.63) is 59.7 Å². The Balaban J connectivity index is 1.23. The molecule has 4 heterocycles. The van der Waals surface area contributed by atoms with Crippen LogP contribution in [0.4, 0.5) is 0 Å². The van der Waals surface area contributed by atoms with E-state index in [0.717, 1.165) is 11.1 Å². The zero-order valence-electron chi connectivity index (χ0n) is 16.5. The van der Waals surface area contributed by atoms with Gasteiger partial charge in [-0.1, -0.05) is 36.4 Å². The molecule has 0 N–H and O–H groups in total. The Bertz CT molecular complexity index is 1030. The molecule has 154 valence electrons. The van der Waals surface area contributed by atoms with E-state index in [1.54, 1.807) is 0 Å². The van der Waals surface area contributed by atoms with Crippen molar-refractivity contribution in [3.8, 4) is 11.5 Å². The van der Waals surface area contributed by atoms with Crippen molar-refractivity contribution in [3.63, 3.8) is 0 Å². The van der Waals surface area contributed by atoms with Gasteiger partial charge >= 0.3 is 0 Å². The topological polar surface area (TPSA) is 68.3 Å². The minimum absolute atomic E-state index is 0.0113. The average Bonchev–Trinajstić information content (AvgIpc) is 3.50. The Morgan fingerprint density at radius 2 is 1.93 bits per heavy atom. The highest BCUT2D eigenvalue weighted by molar-refractivity contribution is 5.86. The summed E-state index contributed by atoms with van der Waals surface area (Å²) in [5.41, 5.74) is 1.26.